The van der Waals surface area contributed by atoms with Gasteiger partial charge in [0.2, 0.25) is 0 Å². The normalized spacial score (nSPS) is 10.7. The van der Waals surface area contributed by atoms with Crippen molar-refractivity contribution in [1.82, 2.24) is 4.57 Å². The fourth-order valence-corrected chi connectivity index (χ4v) is 3.11. The first-order chi connectivity index (χ1) is 9.92. The molecule has 0 radical (unpaired) electrons. The Kier molecular flexibility index (Phi) is 4.88. The molecule has 0 saturated carbocycles. The van der Waals surface area contributed by atoms with Crippen LogP contribution < -0.4 is 5.32 Å². The predicted octanol–water partition coefficient (Wildman–Crippen LogP) is 4.84. The van der Waals surface area contributed by atoms with Crippen LogP contribution in [0.25, 0.3) is 0 Å². The number of carbonyl (C=O) groups is 1. The van der Waals surface area contributed by atoms with Crippen molar-refractivity contribution in [3.63, 3.8) is 0 Å². The summed E-state index contributed by atoms with van der Waals surface area (Å²) in [5.74, 6) is -0.0656. The van der Waals surface area contributed by atoms with Gasteiger partial charge >= 0.3 is 0 Å². The first-order valence-corrected chi connectivity index (χ1v) is 7.96. The minimum absolute atomic E-state index is 0.0656. The molecule has 0 aliphatic carbocycles. The third-order valence-electron chi connectivity index (χ3n) is 3.48. The molecular weight excluding hydrogens is 328 g/mol. The summed E-state index contributed by atoms with van der Waals surface area (Å²) in [6, 6.07) is 6.04. The molecule has 1 heterocycles. The molecule has 1 amide bonds. The summed E-state index contributed by atoms with van der Waals surface area (Å²) in [5.41, 5.74) is 4.98. The van der Waals surface area contributed by atoms with Gasteiger partial charge < -0.3 is 9.88 Å². The van der Waals surface area contributed by atoms with Crippen molar-refractivity contribution in [2.75, 3.05) is 5.32 Å². The average molecular weight is 349 g/mol. The number of carbonyl (C=O) groups excluding carboxylic acids is 1. The largest absolute Gasteiger partial charge is 0.342 e. The smallest absolute Gasteiger partial charge is 0.272 e. The second kappa shape index (κ2) is 6.48. The lowest BCUT2D eigenvalue weighted by Crippen LogP contribution is -2.18. The van der Waals surface area contributed by atoms with E-state index in [0.717, 1.165) is 34.3 Å². The van der Waals surface area contributed by atoms with Crippen LogP contribution in [0.1, 0.15) is 40.5 Å². The maximum atomic E-state index is 12.6. The molecule has 0 saturated heterocycles. The molecule has 0 spiro atoms. The quantitative estimate of drug-likeness (QED) is 0.842. The molecule has 0 aliphatic rings. The molecule has 2 aromatic rings. The van der Waals surface area contributed by atoms with Crippen molar-refractivity contribution in [2.45, 2.75) is 40.7 Å². The maximum Gasteiger partial charge on any atom is 0.272 e. The van der Waals surface area contributed by atoms with Crippen LogP contribution in [0.3, 0.4) is 0 Å². The molecule has 21 heavy (non-hydrogen) atoms. The van der Waals surface area contributed by atoms with Crippen molar-refractivity contribution in [3.8, 4) is 0 Å². The van der Waals surface area contributed by atoms with Crippen molar-refractivity contribution in [2.24, 2.45) is 0 Å². The van der Waals surface area contributed by atoms with Crippen LogP contribution in [0.4, 0.5) is 5.69 Å². The molecule has 2 rings (SSSR count). The molecule has 0 aliphatic heterocycles. The van der Waals surface area contributed by atoms with Gasteiger partial charge in [0.25, 0.3) is 5.91 Å². The summed E-state index contributed by atoms with van der Waals surface area (Å²) < 4.78 is 2.91. The molecule has 1 aromatic carbocycles. The van der Waals surface area contributed by atoms with Crippen LogP contribution in [-0.2, 0) is 6.54 Å². The molecule has 0 unspecified atom stereocenters. The van der Waals surface area contributed by atoms with E-state index in [1.807, 2.05) is 30.7 Å². The Balaban J connectivity index is 2.30. The number of anilines is 1. The Bertz CT molecular complexity index is 650. The van der Waals surface area contributed by atoms with Gasteiger partial charge in [-0.2, -0.15) is 0 Å². The number of aryl methyl sites for hydroxylation is 4. The highest BCUT2D eigenvalue weighted by atomic mass is 79.9. The third-order valence-corrected chi connectivity index (χ3v) is 3.91. The minimum Gasteiger partial charge on any atom is -0.342 e. The minimum atomic E-state index is -0.0656. The monoisotopic (exact) mass is 348 g/mol. The number of nitrogens with zero attached hydrogens (tertiary/aromatic N) is 1. The highest BCUT2D eigenvalue weighted by molar-refractivity contribution is 9.10. The van der Waals surface area contributed by atoms with Crippen molar-refractivity contribution in [3.05, 3.63) is 51.3 Å². The average Bonchev–Trinajstić information content (AvgIpc) is 2.75. The molecule has 1 aromatic heterocycles. The van der Waals surface area contributed by atoms with E-state index in [1.165, 1.54) is 5.56 Å². The Morgan fingerprint density at radius 1 is 1.19 bits per heavy atom. The lowest BCUT2D eigenvalue weighted by atomic mass is 10.1. The number of benzene rings is 1. The van der Waals surface area contributed by atoms with Gasteiger partial charge in [-0.3, -0.25) is 4.79 Å². The SMILES string of the molecule is CCCn1cc(Br)cc1C(=O)Nc1c(C)cc(C)cc1C. The number of halogens is 1. The number of hydrogen-bond donors (Lipinski definition) is 1. The highest BCUT2D eigenvalue weighted by Gasteiger charge is 2.15. The van der Waals surface area contributed by atoms with Gasteiger partial charge in [-0.15, -0.1) is 0 Å². The van der Waals surface area contributed by atoms with Crippen molar-refractivity contribution < 1.29 is 4.79 Å². The molecule has 4 heteroatoms. The van der Waals surface area contributed by atoms with Gasteiger partial charge in [0, 0.05) is 22.9 Å². The highest BCUT2D eigenvalue weighted by Crippen LogP contribution is 2.23. The topological polar surface area (TPSA) is 34.0 Å². The number of amides is 1. The number of aromatic nitrogens is 1. The van der Waals surface area contributed by atoms with Crippen LogP contribution in [-0.4, -0.2) is 10.5 Å². The lowest BCUT2D eigenvalue weighted by Gasteiger charge is -2.14. The first-order valence-electron chi connectivity index (χ1n) is 7.17. The molecule has 3 nitrogen and oxygen atoms in total. The predicted molar refractivity (Wildman–Crippen MR) is 91.0 cm³/mol. The zero-order valence-electron chi connectivity index (χ0n) is 13.0. The summed E-state index contributed by atoms with van der Waals surface area (Å²) in [6.45, 7) is 9.05. The van der Waals surface area contributed by atoms with E-state index >= 15 is 0 Å². The zero-order valence-corrected chi connectivity index (χ0v) is 14.5. The van der Waals surface area contributed by atoms with Gasteiger partial charge in [0.05, 0.1) is 0 Å². The van der Waals surface area contributed by atoms with Crippen LogP contribution in [0.15, 0.2) is 28.9 Å². The van der Waals surface area contributed by atoms with Crippen LogP contribution >= 0.6 is 15.9 Å². The second-order valence-corrected chi connectivity index (χ2v) is 6.38. The van der Waals surface area contributed by atoms with E-state index in [-0.39, 0.29) is 5.91 Å². The Morgan fingerprint density at radius 2 is 1.81 bits per heavy atom. The molecular formula is C17H21BrN2O. The number of rotatable bonds is 4. The van der Waals surface area contributed by atoms with E-state index in [2.05, 4.69) is 47.2 Å². The van der Waals surface area contributed by atoms with Gasteiger partial charge in [0.15, 0.2) is 0 Å². The van der Waals surface area contributed by atoms with E-state index < -0.39 is 0 Å². The molecule has 0 bridgehead atoms. The van der Waals surface area contributed by atoms with E-state index in [0.29, 0.717) is 5.69 Å². The van der Waals surface area contributed by atoms with Gasteiger partial charge in [-0.1, -0.05) is 24.6 Å². The van der Waals surface area contributed by atoms with Gasteiger partial charge in [-0.05, 0) is 60.3 Å². The summed E-state index contributed by atoms with van der Waals surface area (Å²) in [6.07, 6.45) is 2.94. The fraction of sp³-hybridized carbons (Fsp3) is 0.353. The van der Waals surface area contributed by atoms with Crippen molar-refractivity contribution >= 4 is 27.5 Å². The van der Waals surface area contributed by atoms with Crippen LogP contribution in [0, 0.1) is 20.8 Å². The van der Waals surface area contributed by atoms with Crippen LogP contribution in [0.5, 0.6) is 0 Å². The number of nitrogens with one attached hydrogen (secondary N) is 1. The van der Waals surface area contributed by atoms with E-state index in [9.17, 15) is 4.79 Å². The van der Waals surface area contributed by atoms with Crippen LogP contribution in [0.2, 0.25) is 0 Å². The maximum absolute atomic E-state index is 12.6. The van der Waals surface area contributed by atoms with E-state index in [1.54, 1.807) is 0 Å². The zero-order chi connectivity index (χ0) is 15.6. The Hall–Kier alpha value is -1.55. The van der Waals surface area contributed by atoms with Crippen molar-refractivity contribution in [1.29, 1.82) is 0 Å². The van der Waals surface area contributed by atoms with Gasteiger partial charge in [-0.25, -0.2) is 0 Å². The summed E-state index contributed by atoms with van der Waals surface area (Å²) >= 11 is 3.44. The molecule has 1 N–H and O–H groups in total. The van der Waals surface area contributed by atoms with Gasteiger partial charge in [0.1, 0.15) is 5.69 Å². The summed E-state index contributed by atoms with van der Waals surface area (Å²) in [7, 11) is 0. The summed E-state index contributed by atoms with van der Waals surface area (Å²) in [4.78, 5) is 12.6. The first kappa shape index (κ1) is 15.8. The molecule has 0 fully saturated rings. The molecule has 112 valence electrons. The Labute approximate surface area is 134 Å². The molecule has 0 atom stereocenters. The third kappa shape index (κ3) is 3.56. The fourth-order valence-electron chi connectivity index (χ4n) is 2.65. The number of hydrogen-bond acceptors (Lipinski definition) is 1. The Morgan fingerprint density at radius 3 is 2.38 bits per heavy atom. The summed E-state index contributed by atoms with van der Waals surface area (Å²) in [5, 5.41) is 3.05. The lowest BCUT2D eigenvalue weighted by molar-refractivity contribution is 0.101. The second-order valence-electron chi connectivity index (χ2n) is 5.46. The van der Waals surface area contributed by atoms with E-state index in [4.69, 9.17) is 0 Å². The standard InChI is InChI=1S/C17H21BrN2O/c1-5-6-20-10-14(18)9-15(20)17(21)19-16-12(3)7-11(2)8-13(16)4/h7-10H,5-6H2,1-4H3,(H,19,21).